The van der Waals surface area contributed by atoms with Crippen molar-refractivity contribution in [2.75, 3.05) is 38.8 Å². The first-order valence-electron chi connectivity index (χ1n) is 8.72. The maximum Gasteiger partial charge on any atom is 0.202 e. The zero-order chi connectivity index (χ0) is 20.6. The number of halogens is 2. The maximum absolute atomic E-state index is 13.4. The summed E-state index contributed by atoms with van der Waals surface area (Å²) in [6, 6.07) is 5.66. The van der Waals surface area contributed by atoms with E-state index in [2.05, 4.69) is 30.7 Å². The number of pyridine rings is 1. The lowest BCUT2D eigenvalue weighted by Gasteiger charge is -2.06. The average Bonchev–Trinajstić information content (AvgIpc) is 3.14. The number of nitrogens with one attached hydrogen (secondary N) is 3. The number of benzene rings is 1. The number of methoxy groups -OCH3 is 1. The van der Waals surface area contributed by atoms with Crippen molar-refractivity contribution in [1.29, 1.82) is 0 Å². The van der Waals surface area contributed by atoms with Gasteiger partial charge in [0, 0.05) is 25.4 Å². The molecule has 4 N–H and O–H groups in total. The van der Waals surface area contributed by atoms with Crippen LogP contribution >= 0.6 is 11.6 Å². The van der Waals surface area contributed by atoms with Gasteiger partial charge in [0.1, 0.15) is 5.82 Å². The predicted molar refractivity (Wildman–Crippen MR) is 108 cm³/mol. The molecule has 0 aliphatic heterocycles. The van der Waals surface area contributed by atoms with Gasteiger partial charge < -0.3 is 19.8 Å². The van der Waals surface area contributed by atoms with E-state index in [-0.39, 0.29) is 10.9 Å². The number of amidine groups is 1. The van der Waals surface area contributed by atoms with Crippen molar-refractivity contribution in [2.24, 2.45) is 4.99 Å². The molecular weight excluding hydrogens is 403 g/mol. The molecule has 29 heavy (non-hydrogen) atoms. The van der Waals surface area contributed by atoms with Crippen molar-refractivity contribution < 1.29 is 19.1 Å². The molecular formula is C18H20ClFN6O3. The predicted octanol–water partition coefficient (Wildman–Crippen LogP) is 2.88. The van der Waals surface area contributed by atoms with Gasteiger partial charge in [-0.2, -0.15) is 4.98 Å². The summed E-state index contributed by atoms with van der Waals surface area (Å²) in [6.45, 7) is 2.07. The molecule has 11 heteroatoms. The molecule has 9 nitrogen and oxygen atoms in total. The summed E-state index contributed by atoms with van der Waals surface area (Å²) in [4.78, 5) is 16.0. The van der Waals surface area contributed by atoms with Gasteiger partial charge >= 0.3 is 0 Å². The second-order valence-electron chi connectivity index (χ2n) is 5.85. The molecule has 0 aliphatic rings. The van der Waals surface area contributed by atoms with Gasteiger partial charge in [0.15, 0.2) is 11.5 Å². The number of hydrogen-bond donors (Lipinski definition) is 4. The van der Waals surface area contributed by atoms with Crippen LogP contribution in [-0.2, 0) is 9.47 Å². The number of hydrogen-bond acceptors (Lipinski definition) is 7. The van der Waals surface area contributed by atoms with Crippen LogP contribution in [0.25, 0.3) is 11.2 Å². The number of aliphatic imine (C=N–C) groups is 1. The smallest absolute Gasteiger partial charge is 0.202 e. The van der Waals surface area contributed by atoms with Crippen molar-refractivity contribution in [2.45, 2.75) is 0 Å². The van der Waals surface area contributed by atoms with Gasteiger partial charge in [0.25, 0.3) is 0 Å². The second-order valence-corrected chi connectivity index (χ2v) is 6.25. The van der Waals surface area contributed by atoms with Gasteiger partial charge in [-0.25, -0.2) is 14.4 Å². The Labute approximate surface area is 170 Å². The molecule has 0 bridgehead atoms. The minimum absolute atomic E-state index is 0.0656. The first-order valence-corrected chi connectivity index (χ1v) is 9.09. The van der Waals surface area contributed by atoms with Crippen LogP contribution < -0.4 is 10.8 Å². The fourth-order valence-corrected chi connectivity index (χ4v) is 2.68. The molecule has 0 saturated heterocycles. The van der Waals surface area contributed by atoms with Crippen LogP contribution in [0, 0.1) is 5.82 Å². The maximum atomic E-state index is 13.4. The zero-order valence-corrected chi connectivity index (χ0v) is 16.3. The number of rotatable bonds is 9. The van der Waals surface area contributed by atoms with E-state index < -0.39 is 5.82 Å². The van der Waals surface area contributed by atoms with Gasteiger partial charge in [-0.05, 0) is 24.3 Å². The van der Waals surface area contributed by atoms with Crippen LogP contribution in [0.4, 0.5) is 16.0 Å². The standard InChI is InChI=1S/C18H20ClFN6O3/c1-28-8-9-29-7-6-22-18-24-15-12(4-5-21-17(15)25-18)16(26-27)23-11-2-3-14(20)13(19)10-11/h2-5,10,27H,6-9H2,1H3,(H,23,26)(H2,21,22,24,25). The summed E-state index contributed by atoms with van der Waals surface area (Å²) in [5.74, 6) is 0.0708. The Kier molecular flexibility index (Phi) is 7.30. The monoisotopic (exact) mass is 422 g/mol. The fourth-order valence-electron chi connectivity index (χ4n) is 2.51. The number of aromatic amines is 1. The fraction of sp³-hybridized carbons (Fsp3) is 0.278. The highest BCUT2D eigenvalue weighted by Gasteiger charge is 2.13. The van der Waals surface area contributed by atoms with Crippen molar-refractivity contribution in [1.82, 2.24) is 20.4 Å². The molecule has 154 valence electrons. The van der Waals surface area contributed by atoms with Crippen molar-refractivity contribution >= 4 is 40.2 Å². The minimum atomic E-state index is -0.550. The van der Waals surface area contributed by atoms with Crippen LogP contribution in [0.2, 0.25) is 5.02 Å². The SMILES string of the molecule is COCCOCCNc1nc2nccc(C(=Nc3ccc(F)c(Cl)c3)NO)c2[nH]1. The zero-order valence-electron chi connectivity index (χ0n) is 15.6. The van der Waals surface area contributed by atoms with Gasteiger partial charge in [0.2, 0.25) is 5.95 Å². The molecule has 2 aromatic heterocycles. The van der Waals surface area contributed by atoms with Crippen LogP contribution in [0.15, 0.2) is 35.5 Å². The number of ether oxygens (including phenoxy) is 2. The summed E-state index contributed by atoms with van der Waals surface area (Å²) in [5, 5.41) is 12.6. The van der Waals surface area contributed by atoms with Crippen LogP contribution in [0.3, 0.4) is 0 Å². The molecule has 0 spiro atoms. The highest BCUT2D eigenvalue weighted by atomic mass is 35.5. The summed E-state index contributed by atoms with van der Waals surface area (Å²) in [6.07, 6.45) is 1.54. The van der Waals surface area contributed by atoms with Gasteiger partial charge in [-0.3, -0.25) is 10.7 Å². The second kappa shape index (κ2) is 10.1. The molecule has 3 rings (SSSR count). The summed E-state index contributed by atoms with van der Waals surface area (Å²) in [7, 11) is 1.62. The molecule has 0 amide bonds. The van der Waals surface area contributed by atoms with Crippen LogP contribution in [-0.4, -0.2) is 59.5 Å². The first-order chi connectivity index (χ1) is 14.1. The normalized spacial score (nSPS) is 11.8. The number of anilines is 1. The molecule has 0 radical (unpaired) electrons. The lowest BCUT2D eigenvalue weighted by Crippen LogP contribution is -2.20. The molecule has 1 aromatic carbocycles. The van der Waals surface area contributed by atoms with Crippen LogP contribution in [0.5, 0.6) is 0 Å². The molecule has 2 heterocycles. The van der Waals surface area contributed by atoms with Gasteiger partial charge in [-0.1, -0.05) is 11.6 Å². The van der Waals surface area contributed by atoms with Crippen molar-refractivity contribution in [3.05, 3.63) is 46.9 Å². The molecule has 0 aliphatic carbocycles. The molecule has 3 aromatic rings. The third-order valence-corrected chi connectivity index (χ3v) is 4.16. The number of imidazole rings is 1. The van der Waals surface area contributed by atoms with E-state index in [9.17, 15) is 9.60 Å². The molecule has 0 atom stereocenters. The Hall–Kier alpha value is -2.79. The number of H-pyrrole nitrogens is 1. The molecule has 0 saturated carbocycles. The van der Waals surface area contributed by atoms with E-state index in [1.165, 1.54) is 18.2 Å². The molecule has 0 unspecified atom stereocenters. The highest BCUT2D eigenvalue weighted by Crippen LogP contribution is 2.23. The number of fused-ring (bicyclic) bond motifs is 1. The summed E-state index contributed by atoms with van der Waals surface area (Å²) in [5.41, 5.74) is 3.94. The highest BCUT2D eigenvalue weighted by molar-refractivity contribution is 6.31. The number of nitrogens with zero attached hydrogens (tertiary/aromatic N) is 3. The summed E-state index contributed by atoms with van der Waals surface area (Å²) >= 11 is 5.79. The number of hydroxylamine groups is 1. The quantitative estimate of drug-likeness (QED) is 0.181. The third-order valence-electron chi connectivity index (χ3n) is 3.87. The van der Waals surface area contributed by atoms with Gasteiger partial charge in [0.05, 0.1) is 36.0 Å². The Morgan fingerprint density at radius 2 is 2.17 bits per heavy atom. The van der Waals surface area contributed by atoms with E-state index in [1.54, 1.807) is 19.4 Å². The Morgan fingerprint density at radius 3 is 2.93 bits per heavy atom. The molecule has 0 fully saturated rings. The lowest BCUT2D eigenvalue weighted by atomic mass is 10.2. The summed E-state index contributed by atoms with van der Waals surface area (Å²) < 4.78 is 23.7. The van der Waals surface area contributed by atoms with E-state index in [0.29, 0.717) is 54.7 Å². The minimum Gasteiger partial charge on any atom is -0.382 e. The van der Waals surface area contributed by atoms with E-state index in [1.807, 2.05) is 0 Å². The Balaban J connectivity index is 1.80. The third kappa shape index (κ3) is 5.39. The van der Waals surface area contributed by atoms with E-state index >= 15 is 0 Å². The largest absolute Gasteiger partial charge is 0.382 e. The topological polar surface area (TPSA) is 117 Å². The van der Waals surface area contributed by atoms with Crippen molar-refractivity contribution in [3.63, 3.8) is 0 Å². The number of aromatic nitrogens is 3. The van der Waals surface area contributed by atoms with E-state index in [4.69, 9.17) is 21.1 Å². The average molecular weight is 423 g/mol. The Bertz CT molecular complexity index is 997. The van der Waals surface area contributed by atoms with Crippen molar-refractivity contribution in [3.8, 4) is 0 Å². The first kappa shape index (κ1) is 20.9. The Morgan fingerprint density at radius 1 is 1.31 bits per heavy atom. The van der Waals surface area contributed by atoms with Gasteiger partial charge in [-0.15, -0.1) is 0 Å². The lowest BCUT2D eigenvalue weighted by molar-refractivity contribution is 0.0759. The van der Waals surface area contributed by atoms with Crippen LogP contribution in [0.1, 0.15) is 5.56 Å². The van der Waals surface area contributed by atoms with E-state index in [0.717, 1.165) is 0 Å².